The fraction of sp³-hybridized carbons (Fsp3) is 0.524. The van der Waals surface area contributed by atoms with Gasteiger partial charge in [0.25, 0.3) is 0 Å². The number of carbonyl (C=O) groups is 2. The minimum atomic E-state index is -0.389. The minimum Gasteiger partial charge on any atom is -0.512 e. The lowest BCUT2D eigenvalue weighted by Gasteiger charge is -2.39. The molecule has 0 spiro atoms. The molecule has 2 aliphatic carbocycles. The summed E-state index contributed by atoms with van der Waals surface area (Å²) < 4.78 is 4.82. The van der Waals surface area contributed by atoms with Crippen molar-refractivity contribution in [2.24, 2.45) is 23.7 Å². The molecule has 0 aromatic heterocycles. The van der Waals surface area contributed by atoms with E-state index in [1.165, 1.54) is 7.11 Å². The van der Waals surface area contributed by atoms with Crippen LogP contribution in [-0.4, -0.2) is 24.0 Å². The largest absolute Gasteiger partial charge is 0.512 e. The van der Waals surface area contributed by atoms with Gasteiger partial charge in [-0.05, 0) is 38.5 Å². The lowest BCUT2D eigenvalue weighted by Crippen LogP contribution is -2.32. The number of aliphatic hydroxyl groups is 1. The summed E-state index contributed by atoms with van der Waals surface area (Å²) in [7, 11) is 1.35. The number of hydrogen-bond donors (Lipinski definition) is 1. The second kappa shape index (κ2) is 7.42. The van der Waals surface area contributed by atoms with Crippen molar-refractivity contribution in [3.63, 3.8) is 0 Å². The topological polar surface area (TPSA) is 63.6 Å². The van der Waals surface area contributed by atoms with E-state index >= 15 is 0 Å². The third-order valence-corrected chi connectivity index (χ3v) is 5.49. The van der Waals surface area contributed by atoms with E-state index in [0.717, 1.165) is 24.0 Å². The van der Waals surface area contributed by atoms with Gasteiger partial charge in [0.05, 0.1) is 7.11 Å². The molecule has 2 rings (SSSR count). The zero-order valence-electron chi connectivity index (χ0n) is 15.6. The summed E-state index contributed by atoms with van der Waals surface area (Å²) in [5, 5.41) is 10.5. The molecule has 0 amide bonds. The van der Waals surface area contributed by atoms with Gasteiger partial charge in [0.1, 0.15) is 5.76 Å². The molecular formula is C21H28O4. The zero-order chi connectivity index (χ0) is 18.9. The third-order valence-electron chi connectivity index (χ3n) is 5.49. The molecule has 0 saturated heterocycles. The number of esters is 1. The van der Waals surface area contributed by atoms with E-state index in [1.807, 2.05) is 19.9 Å². The molecule has 136 valence electrons. The molecule has 4 atom stereocenters. The summed E-state index contributed by atoms with van der Waals surface area (Å²) in [6.07, 6.45) is 3.85. The van der Waals surface area contributed by atoms with E-state index in [0.29, 0.717) is 17.6 Å². The van der Waals surface area contributed by atoms with Gasteiger partial charge in [-0.2, -0.15) is 0 Å². The van der Waals surface area contributed by atoms with Crippen molar-refractivity contribution in [1.29, 1.82) is 0 Å². The molecule has 1 fully saturated rings. The molecule has 0 aliphatic heterocycles. The highest BCUT2D eigenvalue weighted by molar-refractivity contribution is 5.99. The van der Waals surface area contributed by atoms with Crippen LogP contribution >= 0.6 is 0 Å². The van der Waals surface area contributed by atoms with Crippen LogP contribution in [0.3, 0.4) is 0 Å². The van der Waals surface area contributed by atoms with Crippen LogP contribution < -0.4 is 0 Å². The van der Waals surface area contributed by atoms with Crippen molar-refractivity contribution in [3.8, 4) is 0 Å². The average Bonchev–Trinajstić information content (AvgIpc) is 2.79. The van der Waals surface area contributed by atoms with Crippen molar-refractivity contribution in [2.45, 2.75) is 40.0 Å². The summed E-state index contributed by atoms with van der Waals surface area (Å²) in [6, 6.07) is 0. The number of rotatable bonds is 4. The molecule has 4 heteroatoms. The molecule has 1 saturated carbocycles. The molecule has 25 heavy (non-hydrogen) atoms. The van der Waals surface area contributed by atoms with Crippen LogP contribution in [0.15, 0.2) is 47.3 Å². The maximum Gasteiger partial charge on any atom is 0.333 e. The van der Waals surface area contributed by atoms with Gasteiger partial charge in [0, 0.05) is 29.4 Å². The van der Waals surface area contributed by atoms with Crippen molar-refractivity contribution in [3.05, 3.63) is 47.3 Å². The number of allylic oxidation sites excluding steroid dienone is 5. The molecular weight excluding hydrogens is 316 g/mol. The van der Waals surface area contributed by atoms with Gasteiger partial charge in [0.15, 0.2) is 5.78 Å². The second-order valence-corrected chi connectivity index (χ2v) is 7.37. The van der Waals surface area contributed by atoms with Crippen molar-refractivity contribution in [2.75, 3.05) is 7.11 Å². The van der Waals surface area contributed by atoms with E-state index in [-0.39, 0.29) is 41.2 Å². The highest BCUT2D eigenvalue weighted by Crippen LogP contribution is 2.48. The Labute approximate surface area is 149 Å². The van der Waals surface area contributed by atoms with Crippen LogP contribution in [0.25, 0.3) is 0 Å². The minimum absolute atomic E-state index is 0.0207. The number of aliphatic hydroxyl groups excluding tert-OH is 1. The first-order valence-corrected chi connectivity index (χ1v) is 8.75. The first-order chi connectivity index (χ1) is 11.7. The van der Waals surface area contributed by atoms with Crippen molar-refractivity contribution in [1.82, 2.24) is 0 Å². The normalized spacial score (nSPS) is 30.6. The van der Waals surface area contributed by atoms with Gasteiger partial charge in [-0.1, -0.05) is 37.3 Å². The van der Waals surface area contributed by atoms with Crippen LogP contribution in [0.1, 0.15) is 40.0 Å². The van der Waals surface area contributed by atoms with E-state index < -0.39 is 0 Å². The van der Waals surface area contributed by atoms with Gasteiger partial charge in [-0.25, -0.2) is 4.79 Å². The fourth-order valence-corrected chi connectivity index (χ4v) is 4.12. The first kappa shape index (κ1) is 19.2. The molecule has 4 nitrogen and oxygen atoms in total. The van der Waals surface area contributed by atoms with E-state index in [1.54, 1.807) is 6.92 Å². The summed E-state index contributed by atoms with van der Waals surface area (Å²) >= 11 is 0. The SMILES string of the molecule is C=C(C)C1CCC(=C)C(C2=C(O)C(C)CC2=O)C1C=C(C)C(=O)OC. The van der Waals surface area contributed by atoms with E-state index in [4.69, 9.17) is 4.74 Å². The highest BCUT2D eigenvalue weighted by atomic mass is 16.5. The Morgan fingerprint density at radius 1 is 1.36 bits per heavy atom. The maximum atomic E-state index is 12.5. The van der Waals surface area contributed by atoms with Crippen LogP contribution in [0.5, 0.6) is 0 Å². The molecule has 0 aromatic rings. The smallest absolute Gasteiger partial charge is 0.333 e. The first-order valence-electron chi connectivity index (χ1n) is 8.75. The van der Waals surface area contributed by atoms with Gasteiger partial charge in [-0.3, -0.25) is 4.79 Å². The summed E-state index contributed by atoms with van der Waals surface area (Å²) in [4.78, 5) is 24.4. The Hall–Kier alpha value is -2.10. The standard InChI is InChI=1S/C21H28O4/c1-11(2)15-8-7-12(3)18(16(15)9-14(5)21(24)25-6)19-17(22)10-13(4)20(19)23/h9,13,15-16,18,23H,1,3,7-8,10H2,2,4-6H3. The van der Waals surface area contributed by atoms with E-state index in [9.17, 15) is 14.7 Å². The fourth-order valence-electron chi connectivity index (χ4n) is 4.12. The summed E-state index contributed by atoms with van der Waals surface area (Å²) in [5.74, 6) is -0.692. The molecule has 0 aromatic carbocycles. The molecule has 2 aliphatic rings. The van der Waals surface area contributed by atoms with Gasteiger partial charge in [0.2, 0.25) is 0 Å². The Bertz CT molecular complexity index is 680. The van der Waals surface area contributed by atoms with Crippen molar-refractivity contribution >= 4 is 11.8 Å². The monoisotopic (exact) mass is 344 g/mol. The van der Waals surface area contributed by atoms with Crippen LogP contribution in [0.2, 0.25) is 0 Å². The van der Waals surface area contributed by atoms with Gasteiger partial charge < -0.3 is 9.84 Å². The van der Waals surface area contributed by atoms with E-state index in [2.05, 4.69) is 13.2 Å². The lowest BCUT2D eigenvalue weighted by molar-refractivity contribution is -0.136. The number of hydrogen-bond acceptors (Lipinski definition) is 4. The van der Waals surface area contributed by atoms with Crippen LogP contribution in [-0.2, 0) is 14.3 Å². The molecule has 1 N–H and O–H groups in total. The highest BCUT2D eigenvalue weighted by Gasteiger charge is 2.43. The summed E-state index contributed by atoms with van der Waals surface area (Å²) in [5.41, 5.74) is 2.91. The number of methoxy groups -OCH3 is 1. The third kappa shape index (κ3) is 3.63. The van der Waals surface area contributed by atoms with Gasteiger partial charge >= 0.3 is 5.97 Å². The zero-order valence-corrected chi connectivity index (χ0v) is 15.6. The number of ether oxygens (including phenoxy) is 1. The Kier molecular flexibility index (Phi) is 5.71. The summed E-state index contributed by atoms with van der Waals surface area (Å²) in [6.45, 7) is 13.8. The maximum absolute atomic E-state index is 12.5. The predicted molar refractivity (Wildman–Crippen MR) is 97.9 cm³/mol. The van der Waals surface area contributed by atoms with Crippen LogP contribution in [0.4, 0.5) is 0 Å². The molecule has 0 heterocycles. The number of carbonyl (C=O) groups excluding carboxylic acids is 2. The second-order valence-electron chi connectivity index (χ2n) is 7.37. The lowest BCUT2D eigenvalue weighted by atomic mass is 9.64. The van der Waals surface area contributed by atoms with Crippen molar-refractivity contribution < 1.29 is 19.4 Å². The van der Waals surface area contributed by atoms with Crippen LogP contribution in [0, 0.1) is 23.7 Å². The average molecular weight is 344 g/mol. The van der Waals surface area contributed by atoms with Gasteiger partial charge in [-0.15, -0.1) is 0 Å². The number of Topliss-reactive ketones (excluding diaryl/α,β-unsaturated/α-hetero) is 1. The molecule has 0 bridgehead atoms. The quantitative estimate of drug-likeness (QED) is 0.469. The Morgan fingerprint density at radius 3 is 2.48 bits per heavy atom. The molecule has 4 unspecified atom stereocenters. The predicted octanol–water partition coefficient (Wildman–Crippen LogP) is 4.30. The number of ketones is 1. The Balaban J connectivity index is 2.56. The Morgan fingerprint density at radius 2 is 2.00 bits per heavy atom. The molecule has 0 radical (unpaired) electrons.